The maximum absolute atomic E-state index is 14.8. The Labute approximate surface area is 429 Å². The molecule has 15 heteroatoms. The Morgan fingerprint density at radius 3 is 1.44 bits per heavy atom. The lowest BCUT2D eigenvalue weighted by Gasteiger charge is -2.48. The van der Waals surface area contributed by atoms with Crippen LogP contribution in [0.2, 0.25) is 0 Å². The van der Waals surface area contributed by atoms with Crippen molar-refractivity contribution in [3.63, 3.8) is 0 Å². The minimum absolute atomic E-state index is 0.0266. The Kier molecular flexibility index (Phi) is 20.3. The predicted octanol–water partition coefficient (Wildman–Crippen LogP) is 19.2. The fraction of sp³-hybridized carbons (Fsp3) is 0.690. The van der Waals surface area contributed by atoms with Gasteiger partial charge in [0.15, 0.2) is 0 Å². The van der Waals surface area contributed by atoms with Crippen LogP contribution in [0.25, 0.3) is 0 Å². The molecule has 4 aliphatic rings. The van der Waals surface area contributed by atoms with Crippen LogP contribution in [0.3, 0.4) is 0 Å². The van der Waals surface area contributed by atoms with Gasteiger partial charge in [-0.15, -0.1) is 0 Å². The van der Waals surface area contributed by atoms with Crippen molar-refractivity contribution < 1.29 is 52.7 Å². The lowest BCUT2D eigenvalue weighted by molar-refractivity contribution is -0.144. The van der Waals surface area contributed by atoms with Crippen LogP contribution in [-0.2, 0) is 24.7 Å². The first-order valence-corrected chi connectivity index (χ1v) is 30.4. The number of benzene rings is 3. The number of rotatable bonds is 21. The molecule has 1 nitrogen and oxygen atoms in total. The molecule has 7 rings (SSSR count). The fourth-order valence-corrected chi connectivity index (χ4v) is 21.0. The summed E-state index contributed by atoms with van der Waals surface area (Å²) >= 11 is 0. The zero-order valence-electron chi connectivity index (χ0n) is 42.8. The molecule has 0 amide bonds. The van der Waals surface area contributed by atoms with E-state index in [4.69, 9.17) is 0 Å². The molecule has 4 unspecified atom stereocenters. The number of hydrogen-bond donors (Lipinski definition) is 1. The van der Waals surface area contributed by atoms with Crippen molar-refractivity contribution in [2.24, 2.45) is 17.8 Å². The van der Waals surface area contributed by atoms with E-state index in [1.54, 1.807) is 6.92 Å². The summed E-state index contributed by atoms with van der Waals surface area (Å²) < 4.78 is 178. The van der Waals surface area contributed by atoms with Crippen molar-refractivity contribution in [3.8, 4) is 0 Å². The molecule has 0 aliphatic heterocycles. The average molecular weight is 1080 g/mol. The minimum atomic E-state index is -5.32. The van der Waals surface area contributed by atoms with Gasteiger partial charge in [0.25, 0.3) is 0 Å². The first kappa shape index (κ1) is 58.3. The van der Waals surface area contributed by atoms with Gasteiger partial charge in [-0.25, -0.2) is 0 Å². The van der Waals surface area contributed by atoms with Gasteiger partial charge in [-0.2, -0.15) is 52.7 Å². The molecule has 4 fully saturated rings. The third-order valence-corrected chi connectivity index (χ3v) is 23.7. The molecule has 0 radical (unpaired) electrons. The second-order valence-electron chi connectivity index (χ2n) is 22.1. The number of alkyl halides is 12. The van der Waals surface area contributed by atoms with Crippen LogP contribution in [0, 0.1) is 17.8 Å². The van der Waals surface area contributed by atoms with Crippen LogP contribution in [0.15, 0.2) is 60.7 Å². The molecule has 0 spiro atoms. The number of unbranched alkanes of at least 4 members (excludes halogenated alkanes) is 5. The highest BCUT2D eigenvalue weighted by molar-refractivity contribution is 7.74. The normalized spacial score (nSPS) is 21.6. The number of nitrogens with one attached hydrogen (secondary N) is 1. The van der Waals surface area contributed by atoms with Gasteiger partial charge >= 0.3 is 24.7 Å². The van der Waals surface area contributed by atoms with Crippen molar-refractivity contribution in [3.05, 3.63) is 88.5 Å². The number of hydrogen-bond acceptors (Lipinski definition) is 1. The maximum atomic E-state index is 14.8. The Hall–Kier alpha value is -2.36. The topological polar surface area (TPSA) is 12.0 Å². The largest absolute Gasteiger partial charge is 0.416 e. The molecule has 4 atom stereocenters. The standard InChI is InChI=1S/C58H77F12NP2/c1-3-21-40(41-23-15-16-24-41)22-10-6-4-5-7-19-33-71-54(2,52-31-20-30-50(52)51-29-17-18-32-53(51)72(46-25-11-8-12-26-46)47-27-13-9-14-28-47)73(48-36-42(55(59,60)61)34-43(37-48)56(62,63)64)49-38-44(57(65,66)67)35-45(39-49)58(68,69)70/h17-18,29,32,34-41,46-47,50,52,71H,3-16,19-28,30-31,33H2,1-2H3. The van der Waals surface area contributed by atoms with Gasteiger partial charge in [0, 0.05) is 5.28 Å². The molecule has 4 aliphatic carbocycles. The molecule has 4 saturated carbocycles. The van der Waals surface area contributed by atoms with Gasteiger partial charge < -0.3 is 5.32 Å². The molecule has 1 N–H and O–H groups in total. The van der Waals surface area contributed by atoms with E-state index < -0.39 is 84.6 Å². The summed E-state index contributed by atoms with van der Waals surface area (Å²) in [7, 11) is -3.58. The van der Waals surface area contributed by atoms with Crippen LogP contribution in [0.1, 0.15) is 215 Å². The molecular formula is C58H77F12NP2. The molecule has 3 aromatic carbocycles. The van der Waals surface area contributed by atoms with Gasteiger partial charge in [0.2, 0.25) is 0 Å². The second-order valence-corrected chi connectivity index (χ2v) is 27.5. The quantitative estimate of drug-likeness (QED) is 0.0637. The molecular weight excluding hydrogens is 1000 g/mol. The van der Waals surface area contributed by atoms with Gasteiger partial charge in [-0.3, -0.25) is 0 Å². The zero-order chi connectivity index (χ0) is 52.6. The van der Waals surface area contributed by atoms with Crippen molar-refractivity contribution in [1.29, 1.82) is 0 Å². The Bertz CT molecular complexity index is 2030. The summed E-state index contributed by atoms with van der Waals surface area (Å²) in [6.45, 7) is 4.13. The van der Waals surface area contributed by atoms with E-state index in [2.05, 4.69) is 24.4 Å². The van der Waals surface area contributed by atoms with Crippen LogP contribution in [0.5, 0.6) is 0 Å². The highest BCUT2D eigenvalue weighted by Crippen LogP contribution is 2.62. The highest BCUT2D eigenvalue weighted by atomic mass is 31.1. The molecule has 0 saturated heterocycles. The molecule has 408 valence electrons. The van der Waals surface area contributed by atoms with Crippen molar-refractivity contribution in [2.75, 3.05) is 6.54 Å². The SMILES string of the molecule is CCCC(CCCCCCCCNC(C)(C1CCCC1c1ccccc1P(C1CCCCC1)C1CCCCC1)P(c1cc(C(F)(F)F)cc(C(F)(F)F)c1)c1cc(C(F)(F)F)cc(C(F)(F)F)c1)C1CCCC1. The summed E-state index contributed by atoms with van der Waals surface area (Å²) in [4.78, 5) is 0. The molecule has 0 heterocycles. The van der Waals surface area contributed by atoms with E-state index in [1.807, 2.05) is 12.1 Å². The lowest BCUT2D eigenvalue weighted by Crippen LogP contribution is -2.52. The maximum Gasteiger partial charge on any atom is 0.416 e. The van der Waals surface area contributed by atoms with Gasteiger partial charge in [0.05, 0.1) is 22.3 Å². The third kappa shape index (κ3) is 15.0. The first-order chi connectivity index (χ1) is 34.6. The first-order valence-electron chi connectivity index (χ1n) is 27.6. The summed E-state index contributed by atoms with van der Waals surface area (Å²) in [6, 6.07) is 10.4. The van der Waals surface area contributed by atoms with Crippen molar-refractivity contribution >= 4 is 31.8 Å². The van der Waals surface area contributed by atoms with Gasteiger partial charge in [0.1, 0.15) is 0 Å². The summed E-state index contributed by atoms with van der Waals surface area (Å²) in [5.41, 5.74) is -4.65. The molecule has 0 bridgehead atoms. The van der Waals surface area contributed by atoms with E-state index >= 15 is 0 Å². The van der Waals surface area contributed by atoms with Crippen LogP contribution in [-0.4, -0.2) is 23.1 Å². The van der Waals surface area contributed by atoms with Crippen LogP contribution < -0.4 is 21.2 Å². The Morgan fingerprint density at radius 1 is 0.507 bits per heavy atom. The van der Waals surface area contributed by atoms with Gasteiger partial charge in [-0.05, 0) is 159 Å². The zero-order valence-corrected chi connectivity index (χ0v) is 44.5. The summed E-state index contributed by atoms with van der Waals surface area (Å²) in [5, 5.41) is 2.12. The highest BCUT2D eigenvalue weighted by Gasteiger charge is 2.51. The monoisotopic (exact) mass is 1080 g/mol. The van der Waals surface area contributed by atoms with E-state index in [0.717, 1.165) is 101 Å². The minimum Gasteiger partial charge on any atom is -0.307 e. The smallest absolute Gasteiger partial charge is 0.307 e. The molecule has 73 heavy (non-hydrogen) atoms. The van der Waals surface area contributed by atoms with Gasteiger partial charge in [-0.1, -0.05) is 161 Å². The Balaban J connectivity index is 1.32. The summed E-state index contributed by atoms with van der Waals surface area (Å²) in [5.74, 6) is 0.646. The van der Waals surface area contributed by atoms with E-state index in [1.165, 1.54) is 63.1 Å². The third-order valence-electron chi connectivity index (χ3n) is 17.1. The number of halogens is 12. The van der Waals surface area contributed by atoms with Crippen molar-refractivity contribution in [1.82, 2.24) is 5.32 Å². The predicted molar refractivity (Wildman–Crippen MR) is 275 cm³/mol. The van der Waals surface area contributed by atoms with Crippen LogP contribution in [0.4, 0.5) is 52.7 Å². The van der Waals surface area contributed by atoms with E-state index in [9.17, 15) is 52.7 Å². The van der Waals surface area contributed by atoms with Crippen molar-refractivity contribution in [2.45, 2.75) is 228 Å². The second kappa shape index (κ2) is 25.4. The summed E-state index contributed by atoms with van der Waals surface area (Å²) in [6.07, 6.45) is 5.81. The fourth-order valence-electron chi connectivity index (χ4n) is 13.6. The lowest BCUT2D eigenvalue weighted by atomic mass is 9.83. The average Bonchev–Trinajstić information content (AvgIpc) is 4.08. The molecule has 0 aromatic heterocycles. The molecule has 3 aromatic rings. The van der Waals surface area contributed by atoms with E-state index in [-0.39, 0.29) is 24.6 Å². The Morgan fingerprint density at radius 2 is 0.959 bits per heavy atom. The van der Waals surface area contributed by atoms with Crippen LogP contribution >= 0.6 is 15.8 Å². The van der Waals surface area contributed by atoms with E-state index in [0.29, 0.717) is 61.3 Å².